The standard InChI is InChI=1S/C30H25O2S/c1-30(2,22-21-24-13-6-3-7-14-24)32-29(31)25-15-12-20-28(23-25)33(26-16-8-4-9-17-26)27-18-10-5-11-19-27/h3-20,23H,1-2H3/q+1. The Morgan fingerprint density at radius 3 is 1.79 bits per heavy atom. The van der Waals surface area contributed by atoms with Gasteiger partial charge < -0.3 is 4.74 Å². The van der Waals surface area contributed by atoms with Gasteiger partial charge in [0.15, 0.2) is 20.3 Å². The summed E-state index contributed by atoms with van der Waals surface area (Å²) in [6.07, 6.45) is 0. The minimum atomic E-state index is -0.913. The highest BCUT2D eigenvalue weighted by atomic mass is 32.2. The van der Waals surface area contributed by atoms with Crippen LogP contribution in [0.15, 0.2) is 130 Å². The Labute approximate surface area is 198 Å². The number of ether oxygens (including phenoxy) is 1. The first-order valence-electron chi connectivity index (χ1n) is 10.8. The number of carbonyl (C=O) groups excluding carboxylic acids is 1. The second-order valence-corrected chi connectivity index (χ2v) is 10.0. The molecule has 162 valence electrons. The molecule has 0 N–H and O–H groups in total. The van der Waals surface area contributed by atoms with E-state index < -0.39 is 5.60 Å². The maximum atomic E-state index is 13.0. The molecule has 0 aliphatic rings. The normalized spacial score (nSPS) is 10.9. The van der Waals surface area contributed by atoms with Gasteiger partial charge in [-0.1, -0.05) is 72.5 Å². The third kappa shape index (κ3) is 5.94. The quantitative estimate of drug-likeness (QED) is 0.191. The van der Waals surface area contributed by atoms with Crippen molar-refractivity contribution in [3.05, 3.63) is 126 Å². The van der Waals surface area contributed by atoms with E-state index >= 15 is 0 Å². The lowest BCUT2D eigenvalue weighted by Crippen LogP contribution is -2.26. The summed E-state index contributed by atoms with van der Waals surface area (Å²) in [5, 5.41) is 0. The number of benzene rings is 4. The van der Waals surface area contributed by atoms with Crippen LogP contribution in [0.25, 0.3) is 0 Å². The highest BCUT2D eigenvalue weighted by Gasteiger charge is 2.30. The molecule has 4 aromatic carbocycles. The molecule has 0 atom stereocenters. The third-order valence-corrected chi connectivity index (χ3v) is 7.11. The number of esters is 1. The molecule has 0 amide bonds. The largest absolute Gasteiger partial charge is 0.443 e. The first-order chi connectivity index (χ1) is 16.0. The molecule has 2 nitrogen and oxygen atoms in total. The van der Waals surface area contributed by atoms with Gasteiger partial charge in [-0.15, -0.1) is 0 Å². The number of rotatable bonds is 5. The van der Waals surface area contributed by atoms with Crippen LogP contribution in [0.1, 0.15) is 29.8 Å². The van der Waals surface area contributed by atoms with Crippen LogP contribution in [0.4, 0.5) is 0 Å². The Morgan fingerprint density at radius 1 is 0.697 bits per heavy atom. The molecule has 4 aromatic rings. The number of carbonyl (C=O) groups is 1. The van der Waals surface area contributed by atoms with E-state index in [1.165, 1.54) is 9.79 Å². The molecular weight excluding hydrogens is 424 g/mol. The van der Waals surface area contributed by atoms with Gasteiger partial charge >= 0.3 is 5.97 Å². The number of hydrogen-bond donors (Lipinski definition) is 0. The second kappa shape index (κ2) is 10.3. The molecule has 0 heterocycles. The molecule has 0 aromatic heterocycles. The van der Waals surface area contributed by atoms with Crippen LogP contribution in [0.3, 0.4) is 0 Å². The minimum absolute atomic E-state index is 0.329. The summed E-state index contributed by atoms with van der Waals surface area (Å²) in [4.78, 5) is 16.5. The first-order valence-corrected chi connectivity index (χ1v) is 12.0. The van der Waals surface area contributed by atoms with Gasteiger partial charge in [-0.25, -0.2) is 4.79 Å². The second-order valence-electron chi connectivity index (χ2n) is 7.98. The van der Waals surface area contributed by atoms with Crippen LogP contribution in [-0.2, 0) is 15.6 Å². The van der Waals surface area contributed by atoms with E-state index in [1.54, 1.807) is 6.07 Å². The lowest BCUT2D eigenvalue weighted by atomic mass is 10.1. The highest BCUT2D eigenvalue weighted by molar-refractivity contribution is 7.97. The zero-order valence-corrected chi connectivity index (χ0v) is 19.5. The molecule has 0 fully saturated rings. The fourth-order valence-electron chi connectivity index (χ4n) is 3.33. The maximum absolute atomic E-state index is 13.0. The first kappa shape index (κ1) is 22.5. The maximum Gasteiger partial charge on any atom is 0.339 e. The van der Waals surface area contributed by atoms with Crippen molar-refractivity contribution in [1.82, 2.24) is 0 Å². The van der Waals surface area contributed by atoms with Gasteiger partial charge in [0.2, 0.25) is 0 Å². The molecule has 33 heavy (non-hydrogen) atoms. The molecule has 0 aliphatic heterocycles. The Kier molecular flexibility index (Phi) is 6.98. The zero-order valence-electron chi connectivity index (χ0n) is 18.7. The van der Waals surface area contributed by atoms with E-state index in [9.17, 15) is 4.79 Å². The van der Waals surface area contributed by atoms with E-state index in [4.69, 9.17) is 4.74 Å². The molecule has 0 spiro atoms. The molecule has 4 rings (SSSR count). The summed E-state index contributed by atoms with van der Waals surface area (Å²) >= 11 is 0. The SMILES string of the molecule is CC(C)(C#Cc1ccccc1)OC(=O)c1cccc([S+](c2ccccc2)c2ccccc2)c1. The average molecular weight is 450 g/mol. The van der Waals surface area contributed by atoms with E-state index in [0.29, 0.717) is 5.56 Å². The van der Waals surface area contributed by atoms with Crippen molar-refractivity contribution in [3.63, 3.8) is 0 Å². The molecule has 3 heteroatoms. The molecule has 0 radical (unpaired) electrons. The van der Waals surface area contributed by atoms with Crippen molar-refractivity contribution < 1.29 is 9.53 Å². The molecule has 0 saturated heterocycles. The summed E-state index contributed by atoms with van der Waals surface area (Å²) in [6, 6.07) is 38.1. The van der Waals surface area contributed by atoms with Crippen LogP contribution in [-0.4, -0.2) is 11.6 Å². The average Bonchev–Trinajstić information content (AvgIpc) is 2.85. The van der Waals surface area contributed by atoms with Gasteiger partial charge in [-0.05, 0) is 62.4 Å². The van der Waals surface area contributed by atoms with E-state index in [2.05, 4.69) is 42.2 Å². The van der Waals surface area contributed by atoms with Crippen molar-refractivity contribution >= 4 is 16.9 Å². The fraction of sp³-hybridized carbons (Fsp3) is 0.100. The van der Waals surface area contributed by atoms with Crippen molar-refractivity contribution in [2.24, 2.45) is 0 Å². The summed E-state index contributed by atoms with van der Waals surface area (Å²) in [6.45, 7) is 3.62. The van der Waals surface area contributed by atoms with Gasteiger partial charge in [-0.3, -0.25) is 0 Å². The van der Waals surface area contributed by atoms with Crippen LogP contribution in [0.2, 0.25) is 0 Å². The Morgan fingerprint density at radius 2 is 1.21 bits per heavy atom. The smallest absolute Gasteiger partial charge is 0.339 e. The monoisotopic (exact) mass is 449 g/mol. The minimum Gasteiger partial charge on any atom is -0.443 e. The molecular formula is C30H25O2S+. The molecule has 0 saturated carbocycles. The predicted molar refractivity (Wildman–Crippen MR) is 134 cm³/mol. The molecule has 0 aliphatic carbocycles. The van der Waals surface area contributed by atoms with E-state index in [1.807, 2.05) is 92.7 Å². The van der Waals surface area contributed by atoms with Gasteiger partial charge in [0, 0.05) is 11.6 Å². The van der Waals surface area contributed by atoms with Crippen molar-refractivity contribution in [3.8, 4) is 11.8 Å². The van der Waals surface area contributed by atoms with Gasteiger partial charge in [-0.2, -0.15) is 0 Å². The lowest BCUT2D eigenvalue weighted by molar-refractivity contribution is 0.0204. The summed E-state index contributed by atoms with van der Waals surface area (Å²) in [5.41, 5.74) is 0.494. The van der Waals surface area contributed by atoms with Crippen LogP contribution < -0.4 is 0 Å². The number of hydrogen-bond acceptors (Lipinski definition) is 2. The third-order valence-electron chi connectivity index (χ3n) is 4.89. The Hall–Kier alpha value is -3.74. The van der Waals surface area contributed by atoms with Gasteiger partial charge in [0.05, 0.1) is 16.5 Å². The molecule has 0 bridgehead atoms. The van der Waals surface area contributed by atoms with Gasteiger partial charge in [0.1, 0.15) is 0 Å². The predicted octanol–water partition coefficient (Wildman–Crippen LogP) is 6.77. The van der Waals surface area contributed by atoms with Crippen molar-refractivity contribution in [2.75, 3.05) is 0 Å². The molecule has 0 unspecified atom stereocenters. The zero-order chi connectivity index (χ0) is 23.1. The summed E-state index contributed by atoms with van der Waals surface area (Å²) < 4.78 is 5.78. The van der Waals surface area contributed by atoms with Crippen LogP contribution in [0.5, 0.6) is 0 Å². The van der Waals surface area contributed by atoms with Crippen molar-refractivity contribution in [1.29, 1.82) is 0 Å². The fourth-order valence-corrected chi connectivity index (χ4v) is 5.47. The van der Waals surface area contributed by atoms with E-state index in [0.717, 1.165) is 10.5 Å². The summed E-state index contributed by atoms with van der Waals surface area (Å²) in [5.74, 6) is 5.78. The Balaban J connectivity index is 1.61. The van der Waals surface area contributed by atoms with E-state index in [-0.39, 0.29) is 16.9 Å². The van der Waals surface area contributed by atoms with Crippen LogP contribution >= 0.6 is 0 Å². The Bertz CT molecular complexity index is 1230. The summed E-state index contributed by atoms with van der Waals surface area (Å²) in [7, 11) is -0.329. The lowest BCUT2D eigenvalue weighted by Gasteiger charge is -2.19. The van der Waals surface area contributed by atoms with Crippen LogP contribution in [0, 0.1) is 11.8 Å². The van der Waals surface area contributed by atoms with Crippen molar-refractivity contribution in [2.45, 2.75) is 34.1 Å². The topological polar surface area (TPSA) is 26.3 Å². The van der Waals surface area contributed by atoms with Gasteiger partial charge in [0.25, 0.3) is 0 Å². The highest BCUT2D eigenvalue weighted by Crippen LogP contribution is 2.31.